The summed E-state index contributed by atoms with van der Waals surface area (Å²) in [4.78, 5) is 37.4. The molecule has 1 saturated carbocycles. The Morgan fingerprint density at radius 2 is 0.885 bits per heavy atom. The average Bonchev–Trinajstić information content (AvgIpc) is 3.44. The number of phosphoric ester groups is 1. The van der Waals surface area contributed by atoms with Crippen LogP contribution in [0.4, 0.5) is 0 Å². The van der Waals surface area contributed by atoms with Gasteiger partial charge >= 0.3 is 19.8 Å². The third-order valence-electron chi connectivity index (χ3n) is 14.3. The maximum atomic E-state index is 14.0. The highest BCUT2D eigenvalue weighted by atomic mass is 31.2. The number of esters is 2. The number of aliphatic hydroxyl groups excluding tert-OH is 11. The molecule has 456 valence electrons. The molecular formula is C54H97O23P. The molecular weight excluding hydrogens is 1050 g/mol. The van der Waals surface area contributed by atoms with E-state index in [0.717, 1.165) is 77.0 Å². The van der Waals surface area contributed by atoms with E-state index in [9.17, 15) is 75.2 Å². The van der Waals surface area contributed by atoms with E-state index in [1.165, 1.54) is 57.8 Å². The van der Waals surface area contributed by atoms with Crippen molar-refractivity contribution in [2.45, 2.75) is 279 Å². The van der Waals surface area contributed by atoms with E-state index >= 15 is 0 Å². The average molecular weight is 1150 g/mol. The molecule has 0 radical (unpaired) electrons. The largest absolute Gasteiger partial charge is 0.472 e. The number of aliphatic hydroxyl groups is 11. The van der Waals surface area contributed by atoms with Crippen molar-refractivity contribution in [3.05, 3.63) is 24.3 Å². The molecule has 1 aliphatic carbocycles. The molecule has 10 unspecified atom stereocenters. The quantitative estimate of drug-likeness (QED) is 0.0181. The van der Waals surface area contributed by atoms with E-state index in [0.29, 0.717) is 12.8 Å². The second kappa shape index (κ2) is 39.4. The first kappa shape index (κ1) is 70.2. The highest BCUT2D eigenvalue weighted by molar-refractivity contribution is 7.47. The topological polar surface area (TPSA) is 368 Å². The maximum Gasteiger partial charge on any atom is 0.472 e. The molecule has 0 aromatic rings. The first-order valence-electron chi connectivity index (χ1n) is 28.7. The van der Waals surface area contributed by atoms with Crippen LogP contribution in [0.3, 0.4) is 0 Å². The fourth-order valence-corrected chi connectivity index (χ4v) is 10.4. The van der Waals surface area contributed by atoms with Gasteiger partial charge in [0.15, 0.2) is 18.7 Å². The van der Waals surface area contributed by atoms with Crippen LogP contribution >= 0.6 is 7.82 Å². The maximum absolute atomic E-state index is 14.0. The van der Waals surface area contributed by atoms with E-state index in [-0.39, 0.29) is 12.8 Å². The van der Waals surface area contributed by atoms with Gasteiger partial charge in [0.05, 0.1) is 19.8 Å². The summed E-state index contributed by atoms with van der Waals surface area (Å²) in [5.74, 6) is -1.35. The SMILES string of the molecule is CCCCCC/C=C\C/C=C\CCCCCCCC(=O)OC[C@H](COP(=O)(O)OC1C(O[C@@H]2OC(CO)[C@H](O)C(O)[C@@H]2O)C(O)C(O)C(O)[C@H]1O[C@H]1OC(CO)[C@@H](O)C(O)[C@H]1O)OC(=O)CCCCCCCCCCCCC. The smallest absolute Gasteiger partial charge is 0.462 e. The van der Waals surface area contributed by atoms with Crippen LogP contribution in [0.15, 0.2) is 24.3 Å². The molecule has 12 N–H and O–H groups in total. The van der Waals surface area contributed by atoms with Gasteiger partial charge < -0.3 is 89.5 Å². The molecule has 3 aliphatic rings. The fourth-order valence-electron chi connectivity index (χ4n) is 9.44. The van der Waals surface area contributed by atoms with Crippen molar-refractivity contribution in [1.29, 1.82) is 0 Å². The Balaban J connectivity index is 1.71. The molecule has 2 heterocycles. The predicted octanol–water partition coefficient (Wildman–Crippen LogP) is 3.31. The summed E-state index contributed by atoms with van der Waals surface area (Å²) < 4.78 is 58.0. The van der Waals surface area contributed by atoms with Crippen molar-refractivity contribution < 1.29 is 113 Å². The Labute approximate surface area is 460 Å². The summed E-state index contributed by atoms with van der Waals surface area (Å²) in [6.07, 6.45) is -2.51. The van der Waals surface area contributed by atoms with Gasteiger partial charge in [-0.3, -0.25) is 18.6 Å². The first-order chi connectivity index (χ1) is 37.4. The Morgan fingerprint density at radius 1 is 0.487 bits per heavy atom. The van der Waals surface area contributed by atoms with Crippen LogP contribution in [0, 0.1) is 0 Å². The second-order valence-corrected chi connectivity index (χ2v) is 22.2. The molecule has 0 bridgehead atoms. The number of hydrogen-bond donors (Lipinski definition) is 12. The number of rotatable bonds is 41. The van der Waals surface area contributed by atoms with E-state index in [1.54, 1.807) is 0 Å². The lowest BCUT2D eigenvalue weighted by Crippen LogP contribution is -2.69. The number of hydrogen-bond acceptors (Lipinski definition) is 22. The number of allylic oxidation sites excluding steroid dienone is 4. The van der Waals surface area contributed by atoms with Gasteiger partial charge in [0.1, 0.15) is 92.1 Å². The van der Waals surface area contributed by atoms with Crippen LogP contribution < -0.4 is 0 Å². The van der Waals surface area contributed by atoms with Gasteiger partial charge in [-0.2, -0.15) is 0 Å². The molecule has 2 saturated heterocycles. The first-order valence-corrected chi connectivity index (χ1v) is 30.2. The molecule has 24 heteroatoms. The molecule has 3 rings (SSSR count). The van der Waals surface area contributed by atoms with Crippen molar-refractivity contribution in [1.82, 2.24) is 0 Å². The summed E-state index contributed by atoms with van der Waals surface area (Å²) in [5.41, 5.74) is 0. The number of phosphoric acid groups is 1. The summed E-state index contributed by atoms with van der Waals surface area (Å²) in [5, 5.41) is 116. The van der Waals surface area contributed by atoms with E-state index < -0.39 is 150 Å². The van der Waals surface area contributed by atoms with Crippen molar-refractivity contribution in [3.8, 4) is 0 Å². The van der Waals surface area contributed by atoms with Gasteiger partial charge in [0, 0.05) is 12.8 Å². The monoisotopic (exact) mass is 1140 g/mol. The zero-order valence-corrected chi connectivity index (χ0v) is 46.8. The van der Waals surface area contributed by atoms with Gasteiger partial charge in [0.2, 0.25) is 0 Å². The van der Waals surface area contributed by atoms with Gasteiger partial charge in [-0.05, 0) is 44.9 Å². The van der Waals surface area contributed by atoms with Crippen molar-refractivity contribution in [2.75, 3.05) is 26.4 Å². The second-order valence-electron chi connectivity index (χ2n) is 20.8. The van der Waals surface area contributed by atoms with E-state index in [2.05, 4.69) is 38.2 Å². The zero-order valence-electron chi connectivity index (χ0n) is 45.9. The summed E-state index contributed by atoms with van der Waals surface area (Å²) in [7, 11) is -5.63. The standard InChI is InChI=1S/C54H97O23P/c1-3-5-7-9-11-13-15-16-17-18-19-21-22-24-26-28-30-39(57)70-34-36(72-40(58)31-29-27-25-23-20-14-12-10-8-6-4-2)35-71-78(68,69)77-52-50(75-53-48(66)43(61)41(59)37(32-55)73-53)46(64)45(63)47(65)51(52)76-54-49(67)44(62)42(60)38(33-56)74-54/h13,15,17-18,36-38,41-56,59-67H,3-12,14,16,19-35H2,1-2H3,(H,68,69)/b15-13-,18-17-/t36-,37?,38?,41-,42+,43?,44?,45?,46?,47?,48-,49+,50-,51?,52?,53-,54+/m1/s1. The molecule has 0 aromatic carbocycles. The molecule has 78 heavy (non-hydrogen) atoms. The third kappa shape index (κ3) is 25.2. The minimum absolute atomic E-state index is 0.0328. The molecule has 0 aromatic heterocycles. The van der Waals surface area contributed by atoms with Crippen LogP contribution in [0.2, 0.25) is 0 Å². The number of ether oxygens (including phenoxy) is 6. The van der Waals surface area contributed by atoms with Gasteiger partial charge in [-0.25, -0.2) is 4.57 Å². The Bertz CT molecular complexity index is 1660. The summed E-state index contributed by atoms with van der Waals surface area (Å²) in [6, 6.07) is 0. The van der Waals surface area contributed by atoms with Gasteiger partial charge in [-0.15, -0.1) is 0 Å². The van der Waals surface area contributed by atoms with Crippen LogP contribution in [-0.4, -0.2) is 204 Å². The Morgan fingerprint density at radius 3 is 1.33 bits per heavy atom. The van der Waals surface area contributed by atoms with Crippen molar-refractivity contribution >= 4 is 19.8 Å². The predicted molar refractivity (Wildman–Crippen MR) is 282 cm³/mol. The number of carbonyl (C=O) groups excluding carboxylic acids is 2. The minimum atomic E-state index is -5.63. The lowest BCUT2D eigenvalue weighted by atomic mass is 9.84. The van der Waals surface area contributed by atoms with Crippen molar-refractivity contribution in [3.63, 3.8) is 0 Å². The lowest BCUT2D eigenvalue weighted by Gasteiger charge is -2.49. The van der Waals surface area contributed by atoms with Crippen LogP contribution in [0.5, 0.6) is 0 Å². The fraction of sp³-hybridized carbons (Fsp3) is 0.889. The molecule has 0 spiro atoms. The molecule has 0 amide bonds. The molecule has 18 atom stereocenters. The normalized spacial score (nSPS) is 31.9. The minimum Gasteiger partial charge on any atom is -0.462 e. The third-order valence-corrected chi connectivity index (χ3v) is 15.3. The number of carbonyl (C=O) groups is 2. The van der Waals surface area contributed by atoms with Crippen LogP contribution in [0.25, 0.3) is 0 Å². The lowest BCUT2D eigenvalue weighted by molar-refractivity contribution is -0.360. The molecule has 23 nitrogen and oxygen atoms in total. The Kier molecular flexibility index (Phi) is 35.5. The van der Waals surface area contributed by atoms with Crippen molar-refractivity contribution in [2.24, 2.45) is 0 Å². The summed E-state index contributed by atoms with van der Waals surface area (Å²) >= 11 is 0. The highest BCUT2D eigenvalue weighted by Crippen LogP contribution is 2.49. The Hall–Kier alpha value is -2.07. The highest BCUT2D eigenvalue weighted by Gasteiger charge is 2.58. The van der Waals surface area contributed by atoms with Crippen LogP contribution in [0.1, 0.15) is 174 Å². The van der Waals surface area contributed by atoms with E-state index in [4.69, 9.17) is 37.5 Å². The zero-order chi connectivity index (χ0) is 57.5. The molecule has 3 fully saturated rings. The summed E-state index contributed by atoms with van der Waals surface area (Å²) in [6.45, 7) is 0.950. The van der Waals surface area contributed by atoms with Gasteiger partial charge in [-0.1, -0.05) is 141 Å². The van der Waals surface area contributed by atoms with E-state index in [1.807, 2.05) is 0 Å². The molecule has 2 aliphatic heterocycles. The van der Waals surface area contributed by atoms with Crippen LogP contribution in [-0.2, 0) is 51.6 Å². The number of unbranched alkanes of at least 4 members (excludes halogenated alkanes) is 19. The van der Waals surface area contributed by atoms with Gasteiger partial charge in [0.25, 0.3) is 0 Å².